The van der Waals surface area contributed by atoms with Crippen molar-refractivity contribution in [2.45, 2.75) is 26.4 Å². The fourth-order valence-electron chi connectivity index (χ4n) is 0.167. The van der Waals surface area contributed by atoms with Gasteiger partial charge < -0.3 is 4.74 Å². The number of hydrogen-bond donors (Lipinski definition) is 0. The summed E-state index contributed by atoms with van der Waals surface area (Å²) < 4.78 is 4.90. The predicted molar refractivity (Wildman–Crippen MR) is 28.9 cm³/mol. The molecule has 0 N–H and O–H groups in total. The van der Waals surface area contributed by atoms with Crippen molar-refractivity contribution in [2.24, 2.45) is 0 Å². The molecule has 0 aliphatic rings. The molecule has 0 aromatic carbocycles. The van der Waals surface area contributed by atoms with Crippen LogP contribution < -0.4 is 0 Å². The van der Waals surface area contributed by atoms with E-state index >= 15 is 0 Å². The van der Waals surface area contributed by atoms with E-state index in [4.69, 9.17) is 4.74 Å². The van der Waals surface area contributed by atoms with Crippen LogP contribution in [-0.2, 0) is 4.74 Å². The molecule has 0 amide bonds. The highest BCUT2D eigenvalue weighted by molar-refractivity contribution is 4.38. The van der Waals surface area contributed by atoms with E-state index < -0.39 is 0 Å². The van der Waals surface area contributed by atoms with Crippen molar-refractivity contribution in [2.75, 3.05) is 7.11 Å². The highest BCUT2D eigenvalue weighted by Gasteiger charge is 1.88. The molecular weight excluding hydrogens is 76.1 g/mol. The van der Waals surface area contributed by atoms with Crippen molar-refractivity contribution in [3.63, 3.8) is 0 Å². The van der Waals surface area contributed by atoms with Crippen LogP contribution in [0.2, 0.25) is 0 Å². The van der Waals surface area contributed by atoms with Crippen LogP contribution >= 0.6 is 0 Å². The smallest absolute Gasteiger partial charge is 0.0540 e. The Balaban J connectivity index is 0. The molecule has 0 rings (SSSR count). The Morgan fingerprint density at radius 3 is 2.33 bits per heavy atom. The molecule has 0 aliphatic heterocycles. The Bertz CT molecular complexity index is 27.3. The van der Waals surface area contributed by atoms with Crippen LogP contribution in [0.5, 0.6) is 0 Å². The summed E-state index contributed by atoms with van der Waals surface area (Å²) in [4.78, 5) is 0. The van der Waals surface area contributed by atoms with Crippen molar-refractivity contribution in [3.8, 4) is 0 Å². The Hall–Kier alpha value is -0.0400. The number of ether oxygens (including phenoxy) is 1. The largest absolute Gasteiger partial charge is 0.382 e. The van der Waals surface area contributed by atoms with Gasteiger partial charge in [-0.15, -0.1) is 0 Å². The van der Waals surface area contributed by atoms with Gasteiger partial charge in [-0.3, -0.25) is 0 Å². The molecule has 0 aliphatic carbocycles. The van der Waals surface area contributed by atoms with E-state index in [0.717, 1.165) is 6.42 Å². The lowest BCUT2D eigenvalue weighted by Crippen LogP contribution is -2.00. The second kappa shape index (κ2) is 3.16. The van der Waals surface area contributed by atoms with E-state index in [1.807, 2.05) is 0 Å². The minimum atomic E-state index is 0. The molecule has 0 heterocycles. The fourth-order valence-corrected chi connectivity index (χ4v) is 0.167. The van der Waals surface area contributed by atoms with Crippen LogP contribution in [-0.4, -0.2) is 13.2 Å². The first-order valence-electron chi connectivity index (χ1n) is 2.34. The van der Waals surface area contributed by atoms with Gasteiger partial charge in [-0.05, 0) is 13.3 Å². The third-order valence-corrected chi connectivity index (χ3v) is 0.977. The van der Waals surface area contributed by atoms with Crippen LogP contribution in [0.3, 0.4) is 0 Å². The maximum atomic E-state index is 4.90. The van der Waals surface area contributed by atoms with Crippen LogP contribution in [0, 0.1) is 0 Å². The second-order valence-corrected chi connectivity index (χ2v) is 1.45. The third-order valence-electron chi connectivity index (χ3n) is 0.977. The van der Waals surface area contributed by atoms with Crippen LogP contribution in [0.25, 0.3) is 0 Å². The van der Waals surface area contributed by atoms with Gasteiger partial charge in [0.2, 0.25) is 0 Å². The summed E-state index contributed by atoms with van der Waals surface area (Å²) in [5.41, 5.74) is 0. The van der Waals surface area contributed by atoms with Crippen LogP contribution in [0.4, 0.5) is 0 Å². The average molecular weight is 90.2 g/mol. The zero-order chi connectivity index (χ0) is 4.99. The molecule has 0 bridgehead atoms. The zero-order valence-corrected chi connectivity index (χ0v) is 4.69. The van der Waals surface area contributed by atoms with E-state index in [1.54, 1.807) is 7.11 Å². The van der Waals surface area contributed by atoms with E-state index in [2.05, 4.69) is 13.8 Å². The maximum Gasteiger partial charge on any atom is 0.0540 e. The molecule has 1 heteroatoms. The molecule has 0 fully saturated rings. The quantitative estimate of drug-likeness (QED) is 0.501. The lowest BCUT2D eigenvalue weighted by Gasteiger charge is -2.01. The van der Waals surface area contributed by atoms with E-state index in [-0.39, 0.29) is 1.43 Å². The summed E-state index contributed by atoms with van der Waals surface area (Å²) >= 11 is 0. The molecule has 0 aromatic heterocycles. The van der Waals surface area contributed by atoms with Gasteiger partial charge in [-0.25, -0.2) is 0 Å². The van der Waals surface area contributed by atoms with Crippen molar-refractivity contribution in [3.05, 3.63) is 0 Å². The molecule has 40 valence electrons. The van der Waals surface area contributed by atoms with Gasteiger partial charge in [0, 0.05) is 8.54 Å². The predicted octanol–water partition coefficient (Wildman–Crippen LogP) is 1.68. The lowest BCUT2D eigenvalue weighted by molar-refractivity contribution is 0.115. The summed E-state index contributed by atoms with van der Waals surface area (Å²) in [5.74, 6) is 0. The molecule has 6 heavy (non-hydrogen) atoms. The molecule has 0 saturated heterocycles. The van der Waals surface area contributed by atoms with E-state index in [9.17, 15) is 0 Å². The number of hydrogen-bond acceptors (Lipinski definition) is 1. The lowest BCUT2D eigenvalue weighted by atomic mass is 10.3. The molecule has 1 unspecified atom stereocenters. The highest BCUT2D eigenvalue weighted by Crippen LogP contribution is 1.89. The number of rotatable bonds is 2. The Morgan fingerprint density at radius 2 is 2.33 bits per heavy atom. The summed E-state index contributed by atoms with van der Waals surface area (Å²) in [6.45, 7) is 4.16. The van der Waals surface area contributed by atoms with E-state index in [1.165, 1.54) is 0 Å². The summed E-state index contributed by atoms with van der Waals surface area (Å²) in [7, 11) is 1.73. The van der Waals surface area contributed by atoms with Crippen LogP contribution in [0.1, 0.15) is 21.7 Å². The first kappa shape index (κ1) is 5.96. The number of methoxy groups -OCH3 is 1. The van der Waals surface area contributed by atoms with Crippen LogP contribution in [0.15, 0.2) is 0 Å². The fraction of sp³-hybridized carbons (Fsp3) is 1.00. The monoisotopic (exact) mass is 90.1 g/mol. The second-order valence-electron chi connectivity index (χ2n) is 1.45. The SMILES string of the molecule is CCC(C)OC.[HH]. The Morgan fingerprint density at radius 1 is 1.83 bits per heavy atom. The van der Waals surface area contributed by atoms with E-state index in [0.29, 0.717) is 6.10 Å². The van der Waals surface area contributed by atoms with Gasteiger partial charge >= 0.3 is 0 Å². The van der Waals surface area contributed by atoms with Crippen molar-refractivity contribution in [1.82, 2.24) is 0 Å². The van der Waals surface area contributed by atoms with Gasteiger partial charge in [-0.2, -0.15) is 0 Å². The van der Waals surface area contributed by atoms with Gasteiger partial charge in [0.1, 0.15) is 0 Å². The Labute approximate surface area is 40.8 Å². The minimum Gasteiger partial charge on any atom is -0.382 e. The zero-order valence-electron chi connectivity index (χ0n) is 4.69. The first-order chi connectivity index (χ1) is 2.81. The Kier molecular flexibility index (Phi) is 3.14. The van der Waals surface area contributed by atoms with Gasteiger partial charge in [-0.1, -0.05) is 6.92 Å². The standard InChI is InChI=1S/C5H12O.H2/c1-4-5(2)6-3;/h5H,4H2,1-3H3;1H. The van der Waals surface area contributed by atoms with Gasteiger partial charge in [0.15, 0.2) is 0 Å². The molecule has 0 aromatic rings. The molecular formula is C5H14O. The highest BCUT2D eigenvalue weighted by atomic mass is 16.5. The van der Waals surface area contributed by atoms with Gasteiger partial charge in [0.25, 0.3) is 0 Å². The summed E-state index contributed by atoms with van der Waals surface area (Å²) in [6.07, 6.45) is 1.54. The third kappa shape index (κ3) is 2.21. The van der Waals surface area contributed by atoms with Crippen molar-refractivity contribution >= 4 is 0 Å². The van der Waals surface area contributed by atoms with Gasteiger partial charge in [0.05, 0.1) is 6.10 Å². The molecule has 1 nitrogen and oxygen atoms in total. The minimum absolute atomic E-state index is 0. The van der Waals surface area contributed by atoms with Crippen molar-refractivity contribution in [1.29, 1.82) is 0 Å². The molecule has 0 spiro atoms. The van der Waals surface area contributed by atoms with Crippen molar-refractivity contribution < 1.29 is 6.16 Å². The normalized spacial score (nSPS) is 14.5. The summed E-state index contributed by atoms with van der Waals surface area (Å²) in [5, 5.41) is 0. The molecule has 0 saturated carbocycles. The first-order valence-corrected chi connectivity index (χ1v) is 2.34. The average Bonchev–Trinajstić information content (AvgIpc) is 1.65. The molecule has 1 atom stereocenters. The molecule has 0 radical (unpaired) electrons. The maximum absolute atomic E-state index is 4.90. The summed E-state index contributed by atoms with van der Waals surface area (Å²) in [6, 6.07) is 0. The topological polar surface area (TPSA) is 9.23 Å².